The molecule has 0 aliphatic carbocycles. The van der Waals surface area contributed by atoms with Gasteiger partial charge in [-0.3, -0.25) is 9.79 Å². The van der Waals surface area contributed by atoms with Gasteiger partial charge in [0.1, 0.15) is 5.75 Å². The highest BCUT2D eigenvalue weighted by molar-refractivity contribution is 6.30. The molecule has 2 aliphatic rings. The third-order valence-corrected chi connectivity index (χ3v) is 6.26. The Morgan fingerprint density at radius 2 is 2.23 bits per heavy atom. The van der Waals surface area contributed by atoms with Crippen LogP contribution in [0.15, 0.2) is 23.2 Å². The Balaban J connectivity index is 1.48. The summed E-state index contributed by atoms with van der Waals surface area (Å²) in [5.41, 5.74) is 1.03. The van der Waals surface area contributed by atoms with Gasteiger partial charge in [0.2, 0.25) is 5.91 Å². The van der Waals surface area contributed by atoms with Crippen molar-refractivity contribution in [3.05, 3.63) is 23.2 Å². The maximum Gasteiger partial charge on any atom is 0.222 e. The third-order valence-electron chi connectivity index (χ3n) is 6.03. The van der Waals surface area contributed by atoms with Crippen molar-refractivity contribution < 1.29 is 9.53 Å². The number of anilines is 1. The Labute approximate surface area is 184 Å². The van der Waals surface area contributed by atoms with Crippen LogP contribution < -0.4 is 20.3 Å². The molecule has 1 amide bonds. The van der Waals surface area contributed by atoms with E-state index >= 15 is 0 Å². The van der Waals surface area contributed by atoms with E-state index in [-0.39, 0.29) is 0 Å². The molecule has 1 aromatic carbocycles. The number of amides is 1. The van der Waals surface area contributed by atoms with Crippen molar-refractivity contribution in [1.82, 2.24) is 15.5 Å². The van der Waals surface area contributed by atoms with Gasteiger partial charge in [-0.05, 0) is 43.9 Å². The topological polar surface area (TPSA) is 69.2 Å². The van der Waals surface area contributed by atoms with Gasteiger partial charge in [-0.25, -0.2) is 0 Å². The molecule has 2 heterocycles. The Bertz CT molecular complexity index is 757. The van der Waals surface area contributed by atoms with Crippen LogP contribution in [-0.4, -0.2) is 69.2 Å². The van der Waals surface area contributed by atoms with E-state index in [2.05, 4.69) is 27.4 Å². The van der Waals surface area contributed by atoms with Gasteiger partial charge in [0, 0.05) is 56.8 Å². The number of likely N-dealkylation sites (tertiary alicyclic amines) is 1. The van der Waals surface area contributed by atoms with E-state index in [1.807, 2.05) is 23.1 Å². The van der Waals surface area contributed by atoms with Gasteiger partial charge in [0.05, 0.1) is 12.8 Å². The second-order valence-electron chi connectivity index (χ2n) is 7.93. The largest absolute Gasteiger partial charge is 0.495 e. The number of carbonyl (C=O) groups is 1. The first-order valence-electron chi connectivity index (χ1n) is 10.9. The normalized spacial score (nSPS) is 20.6. The summed E-state index contributed by atoms with van der Waals surface area (Å²) in [6, 6.07) is 6.32. The molecule has 2 fully saturated rings. The van der Waals surface area contributed by atoms with Crippen LogP contribution in [0.2, 0.25) is 5.02 Å². The number of aliphatic imine (C=N–C) groups is 1. The minimum absolute atomic E-state index is 0.294. The first-order valence-corrected chi connectivity index (χ1v) is 11.3. The van der Waals surface area contributed by atoms with E-state index in [4.69, 9.17) is 16.3 Å². The van der Waals surface area contributed by atoms with Crippen LogP contribution in [0.3, 0.4) is 0 Å². The first-order chi connectivity index (χ1) is 14.5. The lowest BCUT2D eigenvalue weighted by molar-refractivity contribution is -0.129. The van der Waals surface area contributed by atoms with Gasteiger partial charge < -0.3 is 25.2 Å². The lowest BCUT2D eigenvalue weighted by Crippen LogP contribution is -2.46. The van der Waals surface area contributed by atoms with Crippen molar-refractivity contribution in [3.8, 4) is 5.75 Å². The van der Waals surface area contributed by atoms with E-state index in [0.29, 0.717) is 29.4 Å². The van der Waals surface area contributed by atoms with Crippen LogP contribution in [0.5, 0.6) is 5.75 Å². The molecule has 7 nitrogen and oxygen atoms in total. The summed E-state index contributed by atoms with van der Waals surface area (Å²) in [5.74, 6) is 1.94. The number of benzene rings is 1. The molecular formula is C22H34ClN5O2. The number of nitrogens with one attached hydrogen (secondary N) is 2. The van der Waals surface area contributed by atoms with Gasteiger partial charge in [0.25, 0.3) is 0 Å². The van der Waals surface area contributed by atoms with Gasteiger partial charge >= 0.3 is 0 Å². The summed E-state index contributed by atoms with van der Waals surface area (Å²) >= 11 is 6.19. The number of rotatable bonds is 8. The fourth-order valence-corrected chi connectivity index (χ4v) is 4.55. The molecule has 3 rings (SSSR count). The molecule has 166 valence electrons. The Morgan fingerprint density at radius 3 is 2.90 bits per heavy atom. The molecule has 2 saturated heterocycles. The Morgan fingerprint density at radius 1 is 1.40 bits per heavy atom. The number of hydrogen-bond acceptors (Lipinski definition) is 4. The summed E-state index contributed by atoms with van der Waals surface area (Å²) < 4.78 is 5.50. The zero-order valence-corrected chi connectivity index (χ0v) is 19.0. The Kier molecular flexibility index (Phi) is 8.08. The molecule has 2 atom stereocenters. The van der Waals surface area contributed by atoms with Crippen molar-refractivity contribution in [2.24, 2.45) is 4.99 Å². The molecule has 0 spiro atoms. The molecule has 0 bridgehead atoms. The molecule has 2 N–H and O–H groups in total. The first kappa shape index (κ1) is 22.5. The van der Waals surface area contributed by atoms with Crippen molar-refractivity contribution >= 4 is 29.2 Å². The number of nitrogens with zero attached hydrogens (tertiary/aromatic N) is 3. The van der Waals surface area contributed by atoms with Gasteiger partial charge in [-0.15, -0.1) is 0 Å². The van der Waals surface area contributed by atoms with E-state index < -0.39 is 0 Å². The minimum atomic E-state index is 0.294. The van der Waals surface area contributed by atoms with Crippen LogP contribution in [0.1, 0.15) is 39.0 Å². The molecule has 0 radical (unpaired) electrons. The quantitative estimate of drug-likeness (QED) is 0.485. The maximum atomic E-state index is 12.0. The fraction of sp³-hybridized carbons (Fsp3) is 0.636. The van der Waals surface area contributed by atoms with E-state index in [1.165, 1.54) is 0 Å². The van der Waals surface area contributed by atoms with Crippen molar-refractivity contribution in [2.45, 2.75) is 51.1 Å². The zero-order chi connectivity index (χ0) is 21.5. The van der Waals surface area contributed by atoms with Crippen molar-refractivity contribution in [1.29, 1.82) is 0 Å². The molecule has 0 saturated carbocycles. The van der Waals surface area contributed by atoms with Crippen LogP contribution in [0.4, 0.5) is 5.69 Å². The van der Waals surface area contributed by atoms with Crippen LogP contribution in [-0.2, 0) is 4.79 Å². The number of ether oxygens (including phenoxy) is 1. The third kappa shape index (κ3) is 5.50. The van der Waals surface area contributed by atoms with E-state index in [1.54, 1.807) is 14.2 Å². The molecule has 8 heteroatoms. The predicted molar refractivity (Wildman–Crippen MR) is 123 cm³/mol. The van der Waals surface area contributed by atoms with Gasteiger partial charge in [0.15, 0.2) is 5.96 Å². The second-order valence-corrected chi connectivity index (χ2v) is 8.37. The SMILES string of the molecule is CCC(CCNC(=NC)NC1CCN(c2cc(Cl)ccc2OC)C1)N1CCCC1=O. The number of halogens is 1. The van der Waals surface area contributed by atoms with Crippen LogP contribution in [0.25, 0.3) is 0 Å². The van der Waals surface area contributed by atoms with E-state index in [9.17, 15) is 4.79 Å². The molecular weight excluding hydrogens is 402 g/mol. The molecule has 0 aromatic heterocycles. The molecule has 30 heavy (non-hydrogen) atoms. The number of methoxy groups -OCH3 is 1. The lowest BCUT2D eigenvalue weighted by atomic mass is 10.1. The highest BCUT2D eigenvalue weighted by Gasteiger charge is 2.27. The predicted octanol–water partition coefficient (Wildman–Crippen LogP) is 2.88. The molecule has 2 aliphatic heterocycles. The van der Waals surface area contributed by atoms with Crippen molar-refractivity contribution in [2.75, 3.05) is 45.2 Å². The summed E-state index contributed by atoms with van der Waals surface area (Å²) in [4.78, 5) is 20.7. The summed E-state index contributed by atoms with van der Waals surface area (Å²) in [7, 11) is 3.48. The van der Waals surface area contributed by atoms with Crippen molar-refractivity contribution in [3.63, 3.8) is 0 Å². The fourth-order valence-electron chi connectivity index (χ4n) is 4.39. The minimum Gasteiger partial charge on any atom is -0.495 e. The van der Waals surface area contributed by atoms with Gasteiger partial charge in [-0.1, -0.05) is 18.5 Å². The summed E-state index contributed by atoms with van der Waals surface area (Å²) in [6.45, 7) is 5.63. The maximum absolute atomic E-state index is 12.0. The average Bonchev–Trinajstić information content (AvgIpc) is 3.39. The average molecular weight is 436 g/mol. The molecule has 1 aromatic rings. The van der Waals surface area contributed by atoms with Gasteiger partial charge in [-0.2, -0.15) is 0 Å². The van der Waals surface area contributed by atoms with Crippen LogP contribution in [0, 0.1) is 0 Å². The number of guanidine groups is 1. The summed E-state index contributed by atoms with van der Waals surface area (Å²) in [6.07, 6.45) is 4.61. The van der Waals surface area contributed by atoms with Crippen LogP contribution >= 0.6 is 11.6 Å². The molecule has 2 unspecified atom stereocenters. The zero-order valence-electron chi connectivity index (χ0n) is 18.3. The standard InChI is InChI=1S/C22H34ClN5O2/c1-4-18(28-12-5-6-21(28)29)9-11-25-22(24-2)26-17-10-13-27(15-17)19-14-16(23)7-8-20(19)30-3/h7-8,14,17-18H,4-6,9-13,15H2,1-3H3,(H2,24,25,26). The lowest BCUT2D eigenvalue weighted by Gasteiger charge is -2.27. The van der Waals surface area contributed by atoms with E-state index in [0.717, 1.165) is 69.3 Å². The highest BCUT2D eigenvalue weighted by atomic mass is 35.5. The number of carbonyl (C=O) groups excluding carboxylic acids is 1. The number of hydrogen-bond donors (Lipinski definition) is 2. The highest BCUT2D eigenvalue weighted by Crippen LogP contribution is 2.33. The Hall–Kier alpha value is -2.15. The summed E-state index contributed by atoms with van der Waals surface area (Å²) in [5, 5.41) is 7.66. The second kappa shape index (κ2) is 10.8. The monoisotopic (exact) mass is 435 g/mol. The smallest absolute Gasteiger partial charge is 0.222 e.